The first kappa shape index (κ1) is 8.63. The molecule has 0 radical (unpaired) electrons. The van der Waals surface area contributed by atoms with Gasteiger partial charge in [-0.05, 0) is 19.8 Å². The molecule has 3 nitrogen and oxygen atoms in total. The van der Waals surface area contributed by atoms with E-state index in [0.29, 0.717) is 6.54 Å². The zero-order valence-electron chi connectivity index (χ0n) is 7.95. The van der Waals surface area contributed by atoms with Crippen LogP contribution in [0.25, 0.3) is 0 Å². The molecule has 0 saturated heterocycles. The molecule has 1 aliphatic carbocycles. The third kappa shape index (κ3) is 1.23. The first-order valence-electron chi connectivity index (χ1n) is 4.77. The normalized spacial score (nSPS) is 19.5. The van der Waals surface area contributed by atoms with Crippen molar-refractivity contribution in [1.29, 1.82) is 0 Å². The van der Waals surface area contributed by atoms with E-state index < -0.39 is 0 Å². The van der Waals surface area contributed by atoms with Crippen LogP contribution in [0.4, 0.5) is 0 Å². The smallest absolute Gasteiger partial charge is 0.0690 e. The van der Waals surface area contributed by atoms with Crippen LogP contribution in [0, 0.1) is 6.92 Å². The fraction of sp³-hybridized carbons (Fsp3) is 0.600. The lowest BCUT2D eigenvalue weighted by molar-refractivity contribution is 0.243. The molecule has 0 atom stereocenters. The molecule has 0 amide bonds. The average Bonchev–Trinajstić information content (AvgIpc) is 2.07. The predicted molar refractivity (Wildman–Crippen MR) is 51.4 cm³/mol. The van der Waals surface area contributed by atoms with Crippen LogP contribution in [0.1, 0.15) is 30.7 Å². The molecule has 1 heterocycles. The van der Waals surface area contributed by atoms with E-state index in [1.54, 1.807) is 12.4 Å². The van der Waals surface area contributed by atoms with Gasteiger partial charge in [0.25, 0.3) is 0 Å². The Morgan fingerprint density at radius 1 is 1.38 bits per heavy atom. The van der Waals surface area contributed by atoms with Gasteiger partial charge in [0.2, 0.25) is 0 Å². The molecule has 0 spiro atoms. The zero-order valence-corrected chi connectivity index (χ0v) is 7.95. The summed E-state index contributed by atoms with van der Waals surface area (Å²) in [4.78, 5) is 8.66. The predicted octanol–water partition coefficient (Wildman–Crippen LogP) is 1.17. The first-order valence-corrected chi connectivity index (χ1v) is 4.77. The third-order valence-corrected chi connectivity index (χ3v) is 3.08. The van der Waals surface area contributed by atoms with Crippen molar-refractivity contribution in [2.24, 2.45) is 5.73 Å². The highest BCUT2D eigenvalue weighted by molar-refractivity contribution is 5.24. The number of hydrogen-bond acceptors (Lipinski definition) is 3. The second-order valence-corrected chi connectivity index (χ2v) is 3.83. The molecule has 1 aromatic heterocycles. The van der Waals surface area contributed by atoms with Crippen molar-refractivity contribution in [1.82, 2.24) is 9.97 Å². The molecule has 1 aromatic rings. The maximum atomic E-state index is 5.80. The quantitative estimate of drug-likeness (QED) is 0.737. The van der Waals surface area contributed by atoms with Crippen LogP contribution in [-0.2, 0) is 5.41 Å². The molecule has 0 unspecified atom stereocenters. The lowest BCUT2D eigenvalue weighted by Crippen LogP contribution is -2.43. The highest BCUT2D eigenvalue weighted by atomic mass is 14.8. The maximum Gasteiger partial charge on any atom is 0.0690 e. The summed E-state index contributed by atoms with van der Waals surface area (Å²) >= 11 is 0. The lowest BCUT2D eigenvalue weighted by atomic mass is 9.66. The lowest BCUT2D eigenvalue weighted by Gasteiger charge is -2.40. The maximum absolute atomic E-state index is 5.80. The highest BCUT2D eigenvalue weighted by Gasteiger charge is 2.39. The summed E-state index contributed by atoms with van der Waals surface area (Å²) in [6, 6.07) is 0. The summed E-state index contributed by atoms with van der Waals surface area (Å²) in [5, 5.41) is 0. The number of aromatic nitrogens is 2. The van der Waals surface area contributed by atoms with Crippen LogP contribution in [-0.4, -0.2) is 16.5 Å². The number of aryl methyl sites for hydroxylation is 1. The van der Waals surface area contributed by atoms with Crippen LogP contribution in [0.15, 0.2) is 12.4 Å². The molecule has 0 aliphatic heterocycles. The Balaban J connectivity index is 2.38. The SMILES string of the molecule is Cc1nccnc1C1(CN)CCC1. The molecule has 2 rings (SSSR count). The summed E-state index contributed by atoms with van der Waals surface area (Å²) in [5.74, 6) is 0. The fourth-order valence-electron chi connectivity index (χ4n) is 2.07. The van der Waals surface area contributed by atoms with Gasteiger partial charge in [0, 0.05) is 24.4 Å². The molecule has 70 valence electrons. The van der Waals surface area contributed by atoms with Gasteiger partial charge in [0.15, 0.2) is 0 Å². The fourth-order valence-corrected chi connectivity index (χ4v) is 2.07. The Morgan fingerprint density at radius 2 is 2.08 bits per heavy atom. The molecule has 13 heavy (non-hydrogen) atoms. The molecule has 1 aliphatic rings. The van der Waals surface area contributed by atoms with Crippen LogP contribution >= 0.6 is 0 Å². The molecule has 0 aromatic carbocycles. The van der Waals surface area contributed by atoms with Gasteiger partial charge in [-0.3, -0.25) is 9.97 Å². The van der Waals surface area contributed by atoms with Gasteiger partial charge in [0.1, 0.15) is 0 Å². The van der Waals surface area contributed by atoms with Crippen molar-refractivity contribution in [3.05, 3.63) is 23.8 Å². The van der Waals surface area contributed by atoms with Crippen molar-refractivity contribution >= 4 is 0 Å². The second kappa shape index (κ2) is 3.07. The Hall–Kier alpha value is -0.960. The second-order valence-electron chi connectivity index (χ2n) is 3.83. The minimum atomic E-state index is 0.151. The zero-order chi connectivity index (χ0) is 9.31. The Bertz CT molecular complexity index is 299. The van der Waals surface area contributed by atoms with E-state index in [1.807, 2.05) is 6.92 Å². The average molecular weight is 177 g/mol. The van der Waals surface area contributed by atoms with Gasteiger partial charge in [-0.1, -0.05) is 6.42 Å². The van der Waals surface area contributed by atoms with Gasteiger partial charge in [0.05, 0.1) is 11.4 Å². The van der Waals surface area contributed by atoms with E-state index in [0.717, 1.165) is 11.4 Å². The van der Waals surface area contributed by atoms with E-state index >= 15 is 0 Å². The van der Waals surface area contributed by atoms with E-state index in [1.165, 1.54) is 19.3 Å². The Labute approximate surface area is 78.4 Å². The minimum Gasteiger partial charge on any atom is -0.330 e. The van der Waals surface area contributed by atoms with Crippen molar-refractivity contribution in [2.75, 3.05) is 6.54 Å². The highest BCUT2D eigenvalue weighted by Crippen LogP contribution is 2.42. The standard InChI is InChI=1S/C10H15N3/c1-8-9(13-6-5-12-8)10(7-11)3-2-4-10/h5-6H,2-4,7,11H2,1H3. The molecule has 1 fully saturated rings. The molecular weight excluding hydrogens is 162 g/mol. The number of nitrogens with two attached hydrogens (primary N) is 1. The number of hydrogen-bond donors (Lipinski definition) is 1. The third-order valence-electron chi connectivity index (χ3n) is 3.08. The van der Waals surface area contributed by atoms with Crippen molar-refractivity contribution in [2.45, 2.75) is 31.6 Å². The summed E-state index contributed by atoms with van der Waals surface area (Å²) < 4.78 is 0. The van der Waals surface area contributed by atoms with E-state index in [2.05, 4.69) is 9.97 Å². The Kier molecular flexibility index (Phi) is 2.04. The van der Waals surface area contributed by atoms with E-state index in [9.17, 15) is 0 Å². The largest absolute Gasteiger partial charge is 0.330 e. The molecule has 3 heteroatoms. The molecule has 1 saturated carbocycles. The van der Waals surface area contributed by atoms with Gasteiger partial charge in [-0.25, -0.2) is 0 Å². The summed E-state index contributed by atoms with van der Waals surface area (Å²) in [6.45, 7) is 2.71. The van der Waals surface area contributed by atoms with Crippen LogP contribution in [0.2, 0.25) is 0 Å². The summed E-state index contributed by atoms with van der Waals surface area (Å²) in [5.41, 5.74) is 8.10. The minimum absolute atomic E-state index is 0.151. The van der Waals surface area contributed by atoms with Gasteiger partial charge < -0.3 is 5.73 Å². The van der Waals surface area contributed by atoms with Gasteiger partial charge in [-0.2, -0.15) is 0 Å². The van der Waals surface area contributed by atoms with Crippen molar-refractivity contribution < 1.29 is 0 Å². The van der Waals surface area contributed by atoms with Crippen LogP contribution in [0.5, 0.6) is 0 Å². The van der Waals surface area contributed by atoms with Crippen molar-refractivity contribution in [3.63, 3.8) is 0 Å². The summed E-state index contributed by atoms with van der Waals surface area (Å²) in [6.07, 6.45) is 7.11. The van der Waals surface area contributed by atoms with Crippen molar-refractivity contribution in [3.8, 4) is 0 Å². The van der Waals surface area contributed by atoms with Crippen LogP contribution in [0.3, 0.4) is 0 Å². The Morgan fingerprint density at radius 3 is 2.54 bits per heavy atom. The molecule has 0 bridgehead atoms. The monoisotopic (exact) mass is 177 g/mol. The molecule has 2 N–H and O–H groups in total. The molecular formula is C10H15N3. The number of rotatable bonds is 2. The first-order chi connectivity index (χ1) is 6.28. The van der Waals surface area contributed by atoms with E-state index in [-0.39, 0.29) is 5.41 Å². The number of nitrogens with zero attached hydrogens (tertiary/aromatic N) is 2. The van der Waals surface area contributed by atoms with Crippen LogP contribution < -0.4 is 5.73 Å². The summed E-state index contributed by atoms with van der Waals surface area (Å²) in [7, 11) is 0. The topological polar surface area (TPSA) is 51.8 Å². The van der Waals surface area contributed by atoms with E-state index in [4.69, 9.17) is 5.73 Å². The van der Waals surface area contributed by atoms with Gasteiger partial charge in [-0.15, -0.1) is 0 Å². The van der Waals surface area contributed by atoms with Gasteiger partial charge >= 0.3 is 0 Å².